The van der Waals surface area contributed by atoms with Gasteiger partial charge in [-0.2, -0.15) is 0 Å². The molecule has 0 atom stereocenters. The number of carbonyl (C=O) groups is 3. The minimum absolute atomic E-state index is 0.00408. The Morgan fingerprint density at radius 3 is 2.16 bits per heavy atom. The van der Waals surface area contributed by atoms with E-state index in [-0.39, 0.29) is 11.3 Å². The monoisotopic (exact) mass is 357 g/mol. The summed E-state index contributed by atoms with van der Waals surface area (Å²) in [7, 11) is 0. The molecule has 1 aromatic heterocycles. The Bertz CT molecular complexity index is 780. The second kappa shape index (κ2) is 7.06. The Kier molecular flexibility index (Phi) is 4.85. The number of rotatable bonds is 5. The standard InChI is InChI=1S/C18H19N3O3S/c1-12(22)20-13-4-6-14(7-5-13)21-17(24)16(23)19-11-18(8-9-18)15-3-2-10-25-15/h2-7,10H,8-9,11H2,1H3,(H,19,23)(H,20,22)(H,21,24). The van der Waals surface area contributed by atoms with E-state index >= 15 is 0 Å². The zero-order valence-electron chi connectivity index (χ0n) is 13.8. The van der Waals surface area contributed by atoms with Gasteiger partial charge in [0.25, 0.3) is 0 Å². The van der Waals surface area contributed by atoms with Crippen LogP contribution in [0.25, 0.3) is 0 Å². The average molecular weight is 357 g/mol. The van der Waals surface area contributed by atoms with Crippen LogP contribution in [0.2, 0.25) is 0 Å². The number of amides is 3. The van der Waals surface area contributed by atoms with E-state index in [2.05, 4.69) is 22.0 Å². The Labute approximate surface area is 149 Å². The minimum Gasteiger partial charge on any atom is -0.347 e. The molecule has 1 aromatic carbocycles. The maximum Gasteiger partial charge on any atom is 0.313 e. The van der Waals surface area contributed by atoms with Gasteiger partial charge in [0.05, 0.1) is 0 Å². The first-order valence-electron chi connectivity index (χ1n) is 7.99. The van der Waals surface area contributed by atoms with E-state index in [1.165, 1.54) is 11.8 Å². The third kappa shape index (κ3) is 4.24. The molecule has 130 valence electrons. The Morgan fingerprint density at radius 1 is 1.00 bits per heavy atom. The molecule has 25 heavy (non-hydrogen) atoms. The van der Waals surface area contributed by atoms with E-state index in [9.17, 15) is 14.4 Å². The van der Waals surface area contributed by atoms with Gasteiger partial charge in [-0.15, -0.1) is 11.3 Å². The number of carbonyl (C=O) groups excluding carboxylic acids is 3. The molecule has 0 aliphatic heterocycles. The molecular weight excluding hydrogens is 338 g/mol. The topological polar surface area (TPSA) is 87.3 Å². The molecular formula is C18H19N3O3S. The van der Waals surface area contributed by atoms with E-state index < -0.39 is 11.8 Å². The third-order valence-electron chi connectivity index (χ3n) is 4.15. The molecule has 0 bridgehead atoms. The second-order valence-electron chi connectivity index (χ2n) is 6.15. The largest absolute Gasteiger partial charge is 0.347 e. The first kappa shape index (κ1) is 17.2. The highest BCUT2D eigenvalue weighted by molar-refractivity contribution is 7.10. The molecule has 3 rings (SSSR count). The summed E-state index contributed by atoms with van der Waals surface area (Å²) in [6.45, 7) is 1.89. The molecule has 1 saturated carbocycles. The van der Waals surface area contributed by atoms with E-state index in [1.54, 1.807) is 35.6 Å². The molecule has 1 heterocycles. The van der Waals surface area contributed by atoms with Crippen LogP contribution in [0.15, 0.2) is 41.8 Å². The third-order valence-corrected chi connectivity index (χ3v) is 5.27. The summed E-state index contributed by atoms with van der Waals surface area (Å²) in [5, 5.41) is 9.94. The van der Waals surface area contributed by atoms with E-state index in [0.717, 1.165) is 12.8 Å². The number of benzene rings is 1. The lowest BCUT2D eigenvalue weighted by Crippen LogP contribution is -2.39. The van der Waals surface area contributed by atoms with Crippen molar-refractivity contribution in [1.29, 1.82) is 0 Å². The number of hydrogen-bond donors (Lipinski definition) is 3. The van der Waals surface area contributed by atoms with Crippen LogP contribution in [-0.2, 0) is 19.8 Å². The van der Waals surface area contributed by atoms with E-state index in [0.29, 0.717) is 17.9 Å². The van der Waals surface area contributed by atoms with Crippen molar-refractivity contribution < 1.29 is 14.4 Å². The molecule has 2 aromatic rings. The number of hydrogen-bond acceptors (Lipinski definition) is 4. The SMILES string of the molecule is CC(=O)Nc1ccc(NC(=O)C(=O)NCC2(c3cccs3)CC2)cc1. The molecule has 0 saturated heterocycles. The molecule has 3 amide bonds. The minimum atomic E-state index is -0.700. The normalized spacial score (nSPS) is 14.4. The van der Waals surface area contributed by atoms with Crippen molar-refractivity contribution in [3.8, 4) is 0 Å². The molecule has 1 fully saturated rings. The lowest BCUT2D eigenvalue weighted by atomic mass is 10.1. The predicted molar refractivity (Wildman–Crippen MR) is 97.6 cm³/mol. The van der Waals surface area contributed by atoms with Crippen LogP contribution >= 0.6 is 11.3 Å². The van der Waals surface area contributed by atoms with Gasteiger partial charge < -0.3 is 16.0 Å². The van der Waals surface area contributed by atoms with Crippen LogP contribution in [0.4, 0.5) is 11.4 Å². The van der Waals surface area contributed by atoms with Gasteiger partial charge in [0.2, 0.25) is 5.91 Å². The smallest absolute Gasteiger partial charge is 0.313 e. The van der Waals surface area contributed by atoms with Crippen molar-refractivity contribution >= 4 is 40.4 Å². The van der Waals surface area contributed by atoms with Gasteiger partial charge >= 0.3 is 11.8 Å². The maximum atomic E-state index is 12.0. The van der Waals surface area contributed by atoms with Crippen LogP contribution in [0.5, 0.6) is 0 Å². The van der Waals surface area contributed by atoms with Crippen LogP contribution < -0.4 is 16.0 Å². The molecule has 3 N–H and O–H groups in total. The van der Waals surface area contributed by atoms with Crippen LogP contribution in [0.3, 0.4) is 0 Å². The number of anilines is 2. The quantitative estimate of drug-likeness (QED) is 0.719. The fourth-order valence-electron chi connectivity index (χ4n) is 2.60. The number of nitrogens with one attached hydrogen (secondary N) is 3. The summed E-state index contributed by atoms with van der Waals surface area (Å²) >= 11 is 1.68. The van der Waals surface area contributed by atoms with Gasteiger partial charge in [-0.3, -0.25) is 14.4 Å². The highest BCUT2D eigenvalue weighted by atomic mass is 32.1. The fourth-order valence-corrected chi connectivity index (χ4v) is 3.59. The first-order chi connectivity index (χ1) is 12.0. The van der Waals surface area contributed by atoms with Crippen molar-refractivity contribution in [2.45, 2.75) is 25.2 Å². The van der Waals surface area contributed by atoms with Crippen molar-refractivity contribution in [3.63, 3.8) is 0 Å². The summed E-state index contributed by atoms with van der Waals surface area (Å²) in [5.74, 6) is -1.51. The van der Waals surface area contributed by atoms with Crippen molar-refractivity contribution in [2.75, 3.05) is 17.2 Å². The lowest BCUT2D eigenvalue weighted by Gasteiger charge is -2.14. The zero-order chi connectivity index (χ0) is 17.9. The van der Waals surface area contributed by atoms with Crippen LogP contribution in [-0.4, -0.2) is 24.3 Å². The first-order valence-corrected chi connectivity index (χ1v) is 8.87. The molecule has 1 aliphatic rings. The van der Waals surface area contributed by atoms with Gasteiger partial charge in [0, 0.05) is 35.1 Å². The van der Waals surface area contributed by atoms with Gasteiger partial charge in [-0.1, -0.05) is 6.07 Å². The highest BCUT2D eigenvalue weighted by Gasteiger charge is 2.45. The van der Waals surface area contributed by atoms with Gasteiger partial charge in [-0.25, -0.2) is 0 Å². The van der Waals surface area contributed by atoms with Crippen molar-refractivity contribution in [3.05, 3.63) is 46.7 Å². The Balaban J connectivity index is 1.51. The lowest BCUT2D eigenvalue weighted by molar-refractivity contribution is -0.136. The summed E-state index contributed by atoms with van der Waals surface area (Å²) in [4.78, 5) is 36.3. The highest BCUT2D eigenvalue weighted by Crippen LogP contribution is 2.49. The van der Waals surface area contributed by atoms with Crippen molar-refractivity contribution in [1.82, 2.24) is 5.32 Å². The molecule has 1 aliphatic carbocycles. The number of thiophene rings is 1. The zero-order valence-corrected chi connectivity index (χ0v) is 14.6. The summed E-state index contributed by atoms with van der Waals surface area (Å²) in [6, 6.07) is 10.6. The van der Waals surface area contributed by atoms with Crippen molar-refractivity contribution in [2.24, 2.45) is 0 Å². The Morgan fingerprint density at radius 2 is 1.64 bits per heavy atom. The van der Waals surface area contributed by atoms with E-state index in [1.807, 2.05) is 11.4 Å². The maximum absolute atomic E-state index is 12.0. The molecule has 0 radical (unpaired) electrons. The van der Waals surface area contributed by atoms with Gasteiger partial charge in [0.15, 0.2) is 0 Å². The molecule has 0 unspecified atom stereocenters. The van der Waals surface area contributed by atoms with Crippen LogP contribution in [0, 0.1) is 0 Å². The van der Waals surface area contributed by atoms with Crippen LogP contribution in [0.1, 0.15) is 24.6 Å². The van der Waals surface area contributed by atoms with Gasteiger partial charge in [-0.05, 0) is 48.6 Å². The van der Waals surface area contributed by atoms with Gasteiger partial charge in [0.1, 0.15) is 0 Å². The average Bonchev–Trinajstić information content (AvgIpc) is 3.16. The summed E-state index contributed by atoms with van der Waals surface area (Å²) in [5.41, 5.74) is 1.12. The molecule has 0 spiro atoms. The van der Waals surface area contributed by atoms with E-state index in [4.69, 9.17) is 0 Å². The summed E-state index contributed by atoms with van der Waals surface area (Å²) in [6.07, 6.45) is 2.06. The molecule has 7 heteroatoms. The Hall–Kier alpha value is -2.67. The fraction of sp³-hybridized carbons (Fsp3) is 0.278. The molecule has 6 nitrogen and oxygen atoms in total. The second-order valence-corrected chi connectivity index (χ2v) is 7.10. The predicted octanol–water partition coefficient (Wildman–Crippen LogP) is 2.49. The summed E-state index contributed by atoms with van der Waals surface area (Å²) < 4.78 is 0.